The minimum atomic E-state index is -1.36. The average molecular weight is 913 g/mol. The Morgan fingerprint density at radius 2 is 1.59 bits per heavy atom. The lowest BCUT2D eigenvalue weighted by Gasteiger charge is -2.41. The number of nitrogens with zero attached hydrogens (tertiary/aromatic N) is 3. The Morgan fingerprint density at radius 3 is 2.16 bits per heavy atom. The highest BCUT2D eigenvalue weighted by molar-refractivity contribution is 7.80. The number of imide groups is 1. The molecule has 0 bridgehead atoms. The molecule has 0 saturated carbocycles. The van der Waals surface area contributed by atoms with Gasteiger partial charge in [0.25, 0.3) is 11.8 Å². The molecule has 0 spiro atoms. The molecule has 8 unspecified atom stereocenters. The minimum Gasteiger partial charge on any atom is -0.480 e. The van der Waals surface area contributed by atoms with E-state index in [2.05, 4.69) is 16.0 Å². The van der Waals surface area contributed by atoms with Gasteiger partial charge < -0.3 is 40.3 Å². The second-order valence-corrected chi connectivity index (χ2v) is 18.5. The van der Waals surface area contributed by atoms with E-state index in [1.807, 2.05) is 65.0 Å². The van der Waals surface area contributed by atoms with Gasteiger partial charge in [-0.3, -0.25) is 33.7 Å². The first kappa shape index (κ1) is 53.6. The number of benzene rings is 1. The number of carboxylic acids is 1. The summed E-state index contributed by atoms with van der Waals surface area (Å²) in [6.45, 7) is 13.4. The van der Waals surface area contributed by atoms with Crippen LogP contribution in [-0.2, 0) is 49.5 Å². The molecule has 2 aliphatic heterocycles. The van der Waals surface area contributed by atoms with Crippen molar-refractivity contribution in [2.24, 2.45) is 17.8 Å². The highest BCUT2D eigenvalue weighted by atomic mass is 32.1. The summed E-state index contributed by atoms with van der Waals surface area (Å²) in [6, 6.07) is 6.49. The number of likely N-dealkylation sites (N-methyl/N-ethyl adjacent to an activating group) is 1. The number of aliphatic carboxylic acids is 1. The number of methoxy groups -OCH3 is 2. The molecule has 6 amide bonds. The zero-order valence-electron chi connectivity index (χ0n) is 39.4. The molecule has 2 aliphatic rings. The van der Waals surface area contributed by atoms with E-state index >= 15 is 0 Å². The Balaban J connectivity index is 1.67. The zero-order chi connectivity index (χ0) is 47.9. The fourth-order valence-corrected chi connectivity index (χ4v) is 8.84. The van der Waals surface area contributed by atoms with Crippen molar-refractivity contribution in [3.8, 4) is 0 Å². The van der Waals surface area contributed by atoms with Gasteiger partial charge in [0, 0.05) is 65.3 Å². The van der Waals surface area contributed by atoms with Crippen LogP contribution in [0.25, 0.3) is 0 Å². The monoisotopic (exact) mass is 913 g/mol. The van der Waals surface area contributed by atoms with Crippen molar-refractivity contribution in [1.29, 1.82) is 0 Å². The second-order valence-electron chi connectivity index (χ2n) is 18.0. The van der Waals surface area contributed by atoms with Gasteiger partial charge in [-0.2, -0.15) is 0 Å². The smallest absolute Gasteiger partial charge is 0.326 e. The van der Waals surface area contributed by atoms with Gasteiger partial charge in [-0.1, -0.05) is 90.0 Å². The third-order valence-corrected chi connectivity index (χ3v) is 13.1. The van der Waals surface area contributed by atoms with Gasteiger partial charge >= 0.3 is 5.97 Å². The van der Waals surface area contributed by atoms with Gasteiger partial charge in [-0.25, -0.2) is 4.79 Å². The molecule has 356 valence electrons. The van der Waals surface area contributed by atoms with E-state index in [4.69, 9.17) is 21.7 Å². The normalized spacial score (nSPS) is 18.5. The topological polar surface area (TPSA) is 204 Å². The fourth-order valence-electron chi connectivity index (χ4n) is 8.57. The van der Waals surface area contributed by atoms with Gasteiger partial charge in [0.05, 0.1) is 35.7 Å². The summed E-state index contributed by atoms with van der Waals surface area (Å²) in [6.07, 6.45) is 5.27. The molecular formula is C47H72N6O10S. The van der Waals surface area contributed by atoms with Crippen molar-refractivity contribution in [2.45, 2.75) is 148 Å². The molecule has 1 aromatic rings. The van der Waals surface area contributed by atoms with Gasteiger partial charge in [-0.15, -0.1) is 0 Å². The summed E-state index contributed by atoms with van der Waals surface area (Å²) in [7, 11) is 4.74. The minimum absolute atomic E-state index is 0.0330. The number of carbonyl (C=O) groups excluding carboxylic acids is 6. The third kappa shape index (κ3) is 14.6. The molecule has 1 fully saturated rings. The van der Waals surface area contributed by atoms with Crippen molar-refractivity contribution in [3.63, 3.8) is 0 Å². The molecule has 1 aromatic carbocycles. The lowest BCUT2D eigenvalue weighted by Crippen LogP contribution is -2.62. The van der Waals surface area contributed by atoms with Crippen LogP contribution in [-0.4, -0.2) is 142 Å². The maximum absolute atomic E-state index is 14.4. The van der Waals surface area contributed by atoms with Crippen molar-refractivity contribution in [3.05, 3.63) is 48.0 Å². The number of hydrogen-bond donors (Lipinski definition) is 4. The maximum atomic E-state index is 14.4. The van der Waals surface area contributed by atoms with Crippen LogP contribution in [0, 0.1) is 17.8 Å². The number of unbranched alkanes of at least 4 members (excludes halogenated alkanes) is 2. The molecule has 1 saturated heterocycles. The van der Waals surface area contributed by atoms with Crippen LogP contribution in [0.4, 0.5) is 0 Å². The predicted molar refractivity (Wildman–Crippen MR) is 247 cm³/mol. The quantitative estimate of drug-likeness (QED) is 0.0591. The number of thiocarbonyl (C=S) groups is 1. The molecule has 2 heterocycles. The van der Waals surface area contributed by atoms with Gasteiger partial charge in [0.2, 0.25) is 23.6 Å². The molecule has 3 rings (SSSR count). The summed E-state index contributed by atoms with van der Waals surface area (Å²) in [5.74, 6) is -4.02. The SMILES string of the molecule is CCC(C)C(C(CC(=O)N1CCCC1C(OC)C(C)C(=S)NC(Cc1ccccc1)C(=O)O)OC)N(C)C(=O)C(NC(=O)C(C)(C)NC(=O)CCCCCN1C(=O)C=CC1=O)C(C)C. The van der Waals surface area contributed by atoms with E-state index in [1.54, 1.807) is 37.8 Å². The van der Waals surface area contributed by atoms with E-state index in [0.29, 0.717) is 43.6 Å². The van der Waals surface area contributed by atoms with Crippen molar-refractivity contribution in [1.82, 2.24) is 30.7 Å². The molecule has 4 N–H and O–H groups in total. The summed E-state index contributed by atoms with van der Waals surface area (Å²) in [4.78, 5) is 96.0. The van der Waals surface area contributed by atoms with Crippen molar-refractivity contribution >= 4 is 58.6 Å². The number of nitrogens with one attached hydrogen (secondary N) is 3. The van der Waals surface area contributed by atoms with Gasteiger partial charge in [0.15, 0.2) is 0 Å². The van der Waals surface area contributed by atoms with Crippen molar-refractivity contribution < 1.29 is 48.1 Å². The number of amides is 6. The lowest BCUT2D eigenvalue weighted by atomic mass is 9.89. The van der Waals surface area contributed by atoms with E-state index in [-0.39, 0.29) is 73.2 Å². The Morgan fingerprint density at radius 1 is 0.953 bits per heavy atom. The summed E-state index contributed by atoms with van der Waals surface area (Å²) >= 11 is 5.76. The van der Waals surface area contributed by atoms with E-state index in [1.165, 1.54) is 19.3 Å². The number of hydrogen-bond acceptors (Lipinski definition) is 10. The number of carbonyl (C=O) groups is 7. The second kappa shape index (κ2) is 25.1. The molecular weight excluding hydrogens is 841 g/mol. The zero-order valence-corrected chi connectivity index (χ0v) is 40.2. The standard InChI is InChI=1S/C47H72N6O10S/c1-11-30(4)41(51(8)44(58)40(29(2)3)49-46(61)47(6,7)50-36(54)22-16-13-17-25-53-37(55)23-24-38(53)56)35(62-9)28-39(57)52-26-18-21-34(52)42(63-10)31(5)43(64)48-33(45(59)60)27-32-19-14-12-15-20-32/h12,14-15,19-20,23-24,29-31,33-35,40-42H,11,13,16-18,21-22,25-28H2,1-10H3,(H,48,64)(H,49,61)(H,50,54)(H,59,60). The van der Waals surface area contributed by atoms with Crippen LogP contribution in [0.5, 0.6) is 0 Å². The summed E-state index contributed by atoms with van der Waals surface area (Å²) in [5, 5.41) is 18.7. The number of rotatable bonds is 26. The molecule has 8 atom stereocenters. The Hall–Kier alpha value is -4.74. The maximum Gasteiger partial charge on any atom is 0.326 e. The van der Waals surface area contributed by atoms with Crippen LogP contribution >= 0.6 is 12.2 Å². The fraction of sp³-hybridized carbons (Fsp3) is 0.660. The summed E-state index contributed by atoms with van der Waals surface area (Å²) in [5.41, 5.74) is -0.503. The van der Waals surface area contributed by atoms with Gasteiger partial charge in [0.1, 0.15) is 17.6 Å². The Kier molecular flexibility index (Phi) is 21.0. The van der Waals surface area contributed by atoms with Crippen LogP contribution in [0.1, 0.15) is 105 Å². The third-order valence-electron chi connectivity index (χ3n) is 12.6. The number of ether oxygens (including phenoxy) is 2. The highest BCUT2D eigenvalue weighted by Crippen LogP contribution is 2.30. The first-order valence-electron chi connectivity index (χ1n) is 22.5. The molecule has 0 aromatic heterocycles. The highest BCUT2D eigenvalue weighted by Gasteiger charge is 2.43. The Bertz CT molecular complexity index is 1810. The van der Waals surface area contributed by atoms with Crippen LogP contribution < -0.4 is 16.0 Å². The number of likely N-dealkylation sites (tertiary alicyclic amines) is 1. The predicted octanol–water partition coefficient (Wildman–Crippen LogP) is 4.04. The van der Waals surface area contributed by atoms with E-state index < -0.39 is 53.7 Å². The molecule has 0 aliphatic carbocycles. The molecule has 0 radical (unpaired) electrons. The van der Waals surface area contributed by atoms with E-state index in [0.717, 1.165) is 16.9 Å². The van der Waals surface area contributed by atoms with Crippen LogP contribution in [0.2, 0.25) is 0 Å². The lowest BCUT2D eigenvalue weighted by molar-refractivity contribution is -0.147. The van der Waals surface area contributed by atoms with E-state index in [9.17, 15) is 38.7 Å². The van der Waals surface area contributed by atoms with Crippen LogP contribution in [0.3, 0.4) is 0 Å². The molecule has 16 nitrogen and oxygen atoms in total. The first-order chi connectivity index (χ1) is 30.2. The molecule has 64 heavy (non-hydrogen) atoms. The van der Waals surface area contributed by atoms with Gasteiger partial charge in [-0.05, 0) is 56.9 Å². The average Bonchev–Trinajstić information content (AvgIpc) is 3.87. The number of carboxylic acid groups (broad SMARTS) is 1. The largest absolute Gasteiger partial charge is 0.480 e. The molecule has 17 heteroatoms. The van der Waals surface area contributed by atoms with Crippen LogP contribution in [0.15, 0.2) is 42.5 Å². The Labute approximate surface area is 384 Å². The summed E-state index contributed by atoms with van der Waals surface area (Å²) < 4.78 is 12.0. The van der Waals surface area contributed by atoms with Crippen molar-refractivity contribution in [2.75, 3.05) is 34.4 Å². The first-order valence-corrected chi connectivity index (χ1v) is 22.9.